The Kier molecular flexibility index (Phi) is 2.52. The molecule has 80 valence electrons. The number of rotatable bonds is 3. The quantitative estimate of drug-likeness (QED) is 0.744. The summed E-state index contributed by atoms with van der Waals surface area (Å²) in [6.07, 6.45) is 4.30. The summed E-state index contributed by atoms with van der Waals surface area (Å²) < 4.78 is 5.55. The van der Waals surface area contributed by atoms with E-state index in [-0.39, 0.29) is 11.3 Å². The lowest BCUT2D eigenvalue weighted by Gasteiger charge is -2.47. The second kappa shape index (κ2) is 3.54. The maximum absolute atomic E-state index is 11.3. The number of hydrogen-bond donors (Lipinski definition) is 1. The highest BCUT2D eigenvalue weighted by atomic mass is 16.5. The molecule has 3 nitrogen and oxygen atoms in total. The first-order valence-electron chi connectivity index (χ1n) is 5.61. The zero-order valence-electron chi connectivity index (χ0n) is 9.01. The number of amides is 1. The fourth-order valence-electron chi connectivity index (χ4n) is 3.01. The van der Waals surface area contributed by atoms with Gasteiger partial charge in [-0.3, -0.25) is 4.79 Å². The SMILES string of the molecule is CCOC1CC2(CC(=O)NC2CC)C1. The van der Waals surface area contributed by atoms with Gasteiger partial charge in [-0.05, 0) is 26.2 Å². The fraction of sp³-hybridized carbons (Fsp3) is 0.909. The molecule has 1 N–H and O–H groups in total. The van der Waals surface area contributed by atoms with E-state index in [0.717, 1.165) is 32.3 Å². The average molecular weight is 197 g/mol. The van der Waals surface area contributed by atoms with Crippen LogP contribution in [0, 0.1) is 5.41 Å². The van der Waals surface area contributed by atoms with Gasteiger partial charge in [-0.15, -0.1) is 0 Å². The first kappa shape index (κ1) is 9.97. The van der Waals surface area contributed by atoms with E-state index < -0.39 is 0 Å². The smallest absolute Gasteiger partial charge is 0.220 e. The standard InChI is InChI=1S/C11H19NO2/c1-3-9-11(7-10(13)12-9)5-8(6-11)14-4-2/h8-9H,3-7H2,1-2H3,(H,12,13). The fourth-order valence-corrected chi connectivity index (χ4v) is 3.01. The molecular weight excluding hydrogens is 178 g/mol. The maximum Gasteiger partial charge on any atom is 0.220 e. The van der Waals surface area contributed by atoms with E-state index in [0.29, 0.717) is 12.1 Å². The first-order chi connectivity index (χ1) is 6.70. The summed E-state index contributed by atoms with van der Waals surface area (Å²) >= 11 is 0. The summed E-state index contributed by atoms with van der Waals surface area (Å²) in [6, 6.07) is 0.395. The molecule has 1 aliphatic heterocycles. The van der Waals surface area contributed by atoms with Crippen molar-refractivity contribution in [1.29, 1.82) is 0 Å². The maximum atomic E-state index is 11.3. The van der Waals surface area contributed by atoms with E-state index in [9.17, 15) is 4.79 Å². The van der Waals surface area contributed by atoms with Crippen LogP contribution in [0.4, 0.5) is 0 Å². The molecule has 0 aromatic carbocycles. The van der Waals surface area contributed by atoms with Gasteiger partial charge in [0.05, 0.1) is 6.10 Å². The van der Waals surface area contributed by atoms with Crippen molar-refractivity contribution < 1.29 is 9.53 Å². The molecule has 0 bridgehead atoms. The Morgan fingerprint density at radius 1 is 1.50 bits per heavy atom. The van der Waals surface area contributed by atoms with Crippen LogP contribution >= 0.6 is 0 Å². The lowest BCUT2D eigenvalue weighted by molar-refractivity contribution is -0.121. The third kappa shape index (κ3) is 1.44. The van der Waals surface area contributed by atoms with Crippen molar-refractivity contribution >= 4 is 5.91 Å². The Balaban J connectivity index is 1.95. The molecule has 2 rings (SSSR count). The molecule has 2 aliphatic rings. The predicted octanol–water partition coefficient (Wildman–Crippen LogP) is 1.47. The molecule has 1 unspecified atom stereocenters. The monoisotopic (exact) mass is 197 g/mol. The molecule has 14 heavy (non-hydrogen) atoms. The molecule has 1 saturated heterocycles. The molecule has 1 heterocycles. The van der Waals surface area contributed by atoms with Crippen molar-refractivity contribution in [2.45, 2.75) is 51.7 Å². The molecule has 0 radical (unpaired) electrons. The number of nitrogens with one attached hydrogen (secondary N) is 1. The van der Waals surface area contributed by atoms with E-state index in [1.165, 1.54) is 0 Å². The highest BCUT2D eigenvalue weighted by molar-refractivity contribution is 5.80. The number of carbonyl (C=O) groups is 1. The van der Waals surface area contributed by atoms with Gasteiger partial charge in [-0.1, -0.05) is 6.92 Å². The Bertz CT molecular complexity index is 233. The Hall–Kier alpha value is -0.570. The molecule has 1 amide bonds. The second-order valence-corrected chi connectivity index (χ2v) is 4.55. The molecule has 1 aliphatic carbocycles. The second-order valence-electron chi connectivity index (χ2n) is 4.55. The van der Waals surface area contributed by atoms with Crippen LogP contribution in [0.2, 0.25) is 0 Å². The molecule has 1 spiro atoms. The summed E-state index contributed by atoms with van der Waals surface area (Å²) in [5.41, 5.74) is 0.242. The van der Waals surface area contributed by atoms with Gasteiger partial charge < -0.3 is 10.1 Å². The van der Waals surface area contributed by atoms with Gasteiger partial charge in [-0.2, -0.15) is 0 Å². The summed E-state index contributed by atoms with van der Waals surface area (Å²) in [6.45, 7) is 4.96. The van der Waals surface area contributed by atoms with Crippen molar-refractivity contribution in [3.05, 3.63) is 0 Å². The van der Waals surface area contributed by atoms with Crippen LogP contribution in [0.5, 0.6) is 0 Å². The van der Waals surface area contributed by atoms with Crippen LogP contribution in [-0.2, 0) is 9.53 Å². The van der Waals surface area contributed by atoms with Crippen molar-refractivity contribution in [2.75, 3.05) is 6.61 Å². The van der Waals surface area contributed by atoms with Gasteiger partial charge in [0.2, 0.25) is 5.91 Å². The van der Waals surface area contributed by atoms with Crippen LogP contribution in [0.25, 0.3) is 0 Å². The van der Waals surface area contributed by atoms with Crippen molar-refractivity contribution in [1.82, 2.24) is 5.32 Å². The molecular formula is C11H19NO2. The topological polar surface area (TPSA) is 38.3 Å². The summed E-state index contributed by atoms with van der Waals surface area (Å²) in [5.74, 6) is 0.229. The van der Waals surface area contributed by atoms with Crippen LogP contribution in [0.1, 0.15) is 39.5 Å². The molecule has 1 atom stereocenters. The third-order valence-electron chi connectivity index (χ3n) is 3.67. The van der Waals surface area contributed by atoms with E-state index >= 15 is 0 Å². The van der Waals surface area contributed by atoms with E-state index in [4.69, 9.17) is 4.74 Å². The van der Waals surface area contributed by atoms with E-state index in [2.05, 4.69) is 12.2 Å². The van der Waals surface area contributed by atoms with Gasteiger partial charge in [0, 0.05) is 24.5 Å². The number of carbonyl (C=O) groups excluding carboxylic acids is 1. The van der Waals surface area contributed by atoms with Crippen LogP contribution in [0.3, 0.4) is 0 Å². The van der Waals surface area contributed by atoms with Gasteiger partial charge in [0.25, 0.3) is 0 Å². The third-order valence-corrected chi connectivity index (χ3v) is 3.67. The first-order valence-corrected chi connectivity index (χ1v) is 5.61. The van der Waals surface area contributed by atoms with Gasteiger partial charge in [-0.25, -0.2) is 0 Å². The van der Waals surface area contributed by atoms with Crippen LogP contribution in [-0.4, -0.2) is 24.7 Å². The minimum atomic E-state index is 0.229. The largest absolute Gasteiger partial charge is 0.378 e. The van der Waals surface area contributed by atoms with Gasteiger partial charge >= 0.3 is 0 Å². The summed E-state index contributed by atoms with van der Waals surface area (Å²) in [7, 11) is 0. The number of ether oxygens (including phenoxy) is 1. The molecule has 3 heteroatoms. The molecule has 2 fully saturated rings. The summed E-state index contributed by atoms with van der Waals surface area (Å²) in [5, 5.41) is 3.06. The highest BCUT2D eigenvalue weighted by Crippen LogP contribution is 2.51. The summed E-state index contributed by atoms with van der Waals surface area (Å²) in [4.78, 5) is 11.3. The van der Waals surface area contributed by atoms with Crippen molar-refractivity contribution in [3.8, 4) is 0 Å². The minimum Gasteiger partial charge on any atom is -0.378 e. The lowest BCUT2D eigenvalue weighted by Crippen LogP contribution is -2.49. The molecule has 0 aromatic heterocycles. The predicted molar refractivity (Wildman–Crippen MR) is 53.9 cm³/mol. The van der Waals surface area contributed by atoms with Gasteiger partial charge in [0.15, 0.2) is 0 Å². The van der Waals surface area contributed by atoms with Crippen molar-refractivity contribution in [3.63, 3.8) is 0 Å². The zero-order valence-corrected chi connectivity index (χ0v) is 9.01. The van der Waals surface area contributed by atoms with E-state index in [1.54, 1.807) is 0 Å². The van der Waals surface area contributed by atoms with Gasteiger partial charge in [0.1, 0.15) is 0 Å². The minimum absolute atomic E-state index is 0.229. The Morgan fingerprint density at radius 2 is 2.21 bits per heavy atom. The van der Waals surface area contributed by atoms with Crippen molar-refractivity contribution in [2.24, 2.45) is 5.41 Å². The Morgan fingerprint density at radius 3 is 2.79 bits per heavy atom. The average Bonchev–Trinajstić information content (AvgIpc) is 2.42. The molecule has 1 saturated carbocycles. The Labute approximate surface area is 85.2 Å². The van der Waals surface area contributed by atoms with E-state index in [1.807, 2.05) is 6.92 Å². The normalized spacial score (nSPS) is 41.1. The zero-order chi connectivity index (χ0) is 10.2. The van der Waals surface area contributed by atoms with Crippen LogP contribution in [0.15, 0.2) is 0 Å². The highest BCUT2D eigenvalue weighted by Gasteiger charge is 2.54. The number of hydrogen-bond acceptors (Lipinski definition) is 2. The molecule has 0 aromatic rings. The lowest BCUT2D eigenvalue weighted by atomic mass is 9.61. The van der Waals surface area contributed by atoms with Crippen LogP contribution < -0.4 is 5.32 Å².